The van der Waals surface area contributed by atoms with Gasteiger partial charge in [0.2, 0.25) is 0 Å². The molecule has 0 amide bonds. The molecule has 102 valence electrons. The van der Waals surface area contributed by atoms with Crippen LogP contribution in [0.4, 0.5) is 0 Å². The highest BCUT2D eigenvalue weighted by Crippen LogP contribution is 2.57. The van der Waals surface area contributed by atoms with Crippen LogP contribution in [0, 0.1) is 0 Å². The van der Waals surface area contributed by atoms with Crippen molar-refractivity contribution >= 4 is 0 Å². The molecular formula is C19H20O. The van der Waals surface area contributed by atoms with Gasteiger partial charge < -0.3 is 4.74 Å². The van der Waals surface area contributed by atoms with Crippen LogP contribution in [0.25, 0.3) is 0 Å². The molecule has 1 nitrogen and oxygen atoms in total. The third kappa shape index (κ3) is 1.28. The Kier molecular flexibility index (Phi) is 2.08. The molecule has 2 aromatic carbocycles. The zero-order valence-electron chi connectivity index (χ0n) is 12.6. The molecule has 4 rings (SSSR count). The van der Waals surface area contributed by atoms with Crippen LogP contribution in [0.15, 0.2) is 36.4 Å². The molecule has 1 aliphatic carbocycles. The van der Waals surface area contributed by atoms with Crippen molar-refractivity contribution in [2.75, 3.05) is 0 Å². The fourth-order valence-electron chi connectivity index (χ4n) is 3.58. The highest BCUT2D eigenvalue weighted by molar-refractivity contribution is 5.61. The maximum absolute atomic E-state index is 6.11. The van der Waals surface area contributed by atoms with Gasteiger partial charge in [-0.15, -0.1) is 0 Å². The van der Waals surface area contributed by atoms with Gasteiger partial charge in [-0.2, -0.15) is 0 Å². The summed E-state index contributed by atoms with van der Waals surface area (Å²) in [6.45, 7) is 9.36. The van der Waals surface area contributed by atoms with E-state index in [1.54, 1.807) is 0 Å². The van der Waals surface area contributed by atoms with Gasteiger partial charge in [-0.3, -0.25) is 0 Å². The van der Waals surface area contributed by atoms with E-state index in [0.717, 1.165) is 17.9 Å². The fourth-order valence-corrected chi connectivity index (χ4v) is 3.58. The Labute approximate surface area is 120 Å². The summed E-state index contributed by atoms with van der Waals surface area (Å²) in [6.07, 6.45) is 0.981. The minimum atomic E-state index is 0.220. The molecule has 0 fully saturated rings. The van der Waals surface area contributed by atoms with Gasteiger partial charge >= 0.3 is 0 Å². The predicted molar refractivity (Wildman–Crippen MR) is 81.8 cm³/mol. The lowest BCUT2D eigenvalue weighted by molar-refractivity contribution is 0.240. The van der Waals surface area contributed by atoms with Crippen LogP contribution in [0.5, 0.6) is 11.5 Å². The Bertz CT molecular complexity index is 661. The summed E-state index contributed by atoms with van der Waals surface area (Å²) in [5.41, 5.74) is 6.01. The molecule has 1 aliphatic heterocycles. The smallest absolute Gasteiger partial charge is 0.131 e. The Balaban J connectivity index is 1.86. The van der Waals surface area contributed by atoms with E-state index < -0.39 is 0 Å². The summed E-state index contributed by atoms with van der Waals surface area (Å²) >= 11 is 0. The summed E-state index contributed by atoms with van der Waals surface area (Å²) in [5.74, 6) is 2.06. The number of hydrogen-bond donors (Lipinski definition) is 0. The van der Waals surface area contributed by atoms with E-state index in [1.165, 1.54) is 22.3 Å². The maximum Gasteiger partial charge on any atom is 0.131 e. The quantitative estimate of drug-likeness (QED) is 0.558. The summed E-state index contributed by atoms with van der Waals surface area (Å²) in [7, 11) is 0. The first-order chi connectivity index (χ1) is 9.41. The molecule has 0 radical (unpaired) electrons. The van der Waals surface area contributed by atoms with Crippen molar-refractivity contribution in [1.82, 2.24) is 0 Å². The van der Waals surface area contributed by atoms with E-state index in [0.29, 0.717) is 0 Å². The van der Waals surface area contributed by atoms with Crippen LogP contribution in [-0.4, -0.2) is 0 Å². The van der Waals surface area contributed by atoms with E-state index >= 15 is 0 Å². The average molecular weight is 264 g/mol. The van der Waals surface area contributed by atoms with E-state index in [2.05, 4.69) is 58.0 Å². The van der Waals surface area contributed by atoms with Gasteiger partial charge in [0.05, 0.1) is 0 Å². The van der Waals surface area contributed by atoms with Crippen LogP contribution < -0.4 is 4.74 Å². The topological polar surface area (TPSA) is 9.23 Å². The number of ether oxygens (including phenoxy) is 1. The Morgan fingerprint density at radius 2 is 1.45 bits per heavy atom. The number of para-hydroxylation sites is 1. The normalized spacial score (nSPS) is 20.0. The predicted octanol–water partition coefficient (Wildman–Crippen LogP) is 4.95. The lowest BCUT2D eigenvalue weighted by Crippen LogP contribution is -2.51. The van der Waals surface area contributed by atoms with Crippen LogP contribution in [0.1, 0.15) is 49.9 Å². The van der Waals surface area contributed by atoms with E-state index in [4.69, 9.17) is 4.74 Å². The standard InChI is InChI=1S/C19H20O/c1-18(2)14-10-13-9-12-7-5-6-8-16(12)20-17(13)11-15(14)19(18,3)4/h5-8,10-11H,9H2,1-4H3. The summed E-state index contributed by atoms with van der Waals surface area (Å²) in [5, 5.41) is 0. The SMILES string of the molecule is CC1(C)c2cc3c(cc2C1(C)C)Oc1ccccc1C3. The van der Waals surface area contributed by atoms with Crippen molar-refractivity contribution < 1.29 is 4.74 Å². The monoisotopic (exact) mass is 264 g/mol. The van der Waals surface area contributed by atoms with E-state index in [-0.39, 0.29) is 10.8 Å². The van der Waals surface area contributed by atoms with E-state index in [1.807, 2.05) is 6.07 Å². The number of fused-ring (bicyclic) bond motifs is 3. The van der Waals surface area contributed by atoms with Gasteiger partial charge in [-0.1, -0.05) is 52.0 Å². The molecule has 0 saturated carbocycles. The van der Waals surface area contributed by atoms with Gasteiger partial charge in [-0.05, 0) is 45.2 Å². The second-order valence-electron chi connectivity index (χ2n) is 7.14. The molecule has 2 aromatic rings. The molecule has 2 aliphatic rings. The van der Waals surface area contributed by atoms with Gasteiger partial charge in [0, 0.05) is 6.42 Å². The first kappa shape index (κ1) is 12.0. The third-order valence-corrected chi connectivity index (χ3v) is 5.68. The van der Waals surface area contributed by atoms with Crippen LogP contribution in [0.3, 0.4) is 0 Å². The molecule has 0 unspecified atom stereocenters. The summed E-state index contributed by atoms with van der Waals surface area (Å²) < 4.78 is 6.11. The Morgan fingerprint density at radius 1 is 0.800 bits per heavy atom. The van der Waals surface area contributed by atoms with Crippen molar-refractivity contribution in [2.45, 2.75) is 44.9 Å². The molecule has 0 aromatic heterocycles. The molecule has 0 saturated heterocycles. The first-order valence-corrected chi connectivity index (χ1v) is 7.35. The largest absolute Gasteiger partial charge is 0.457 e. The lowest BCUT2D eigenvalue weighted by Gasteiger charge is -2.54. The van der Waals surface area contributed by atoms with Gasteiger partial charge in [0.15, 0.2) is 0 Å². The zero-order chi connectivity index (χ0) is 14.1. The molecule has 1 heterocycles. The van der Waals surface area contributed by atoms with Crippen LogP contribution in [-0.2, 0) is 17.3 Å². The number of hydrogen-bond acceptors (Lipinski definition) is 1. The van der Waals surface area contributed by atoms with Gasteiger partial charge in [-0.25, -0.2) is 0 Å². The van der Waals surface area contributed by atoms with Crippen molar-refractivity contribution in [3.63, 3.8) is 0 Å². The minimum Gasteiger partial charge on any atom is -0.457 e. The second kappa shape index (κ2) is 3.46. The number of rotatable bonds is 0. The molecule has 0 spiro atoms. The van der Waals surface area contributed by atoms with Gasteiger partial charge in [0.25, 0.3) is 0 Å². The van der Waals surface area contributed by atoms with Crippen molar-refractivity contribution in [2.24, 2.45) is 0 Å². The van der Waals surface area contributed by atoms with Gasteiger partial charge in [0.1, 0.15) is 11.5 Å². The summed E-state index contributed by atoms with van der Waals surface area (Å²) in [6, 6.07) is 13.0. The maximum atomic E-state index is 6.11. The highest BCUT2D eigenvalue weighted by atomic mass is 16.5. The van der Waals surface area contributed by atoms with Crippen LogP contribution in [0.2, 0.25) is 0 Å². The Morgan fingerprint density at radius 3 is 2.20 bits per heavy atom. The highest BCUT2D eigenvalue weighted by Gasteiger charge is 2.51. The average Bonchev–Trinajstić information content (AvgIpc) is 2.43. The second-order valence-corrected chi connectivity index (χ2v) is 7.14. The zero-order valence-corrected chi connectivity index (χ0v) is 12.6. The lowest BCUT2D eigenvalue weighted by atomic mass is 9.49. The summed E-state index contributed by atoms with van der Waals surface area (Å²) in [4.78, 5) is 0. The minimum absolute atomic E-state index is 0.220. The Hall–Kier alpha value is -1.76. The first-order valence-electron chi connectivity index (χ1n) is 7.35. The van der Waals surface area contributed by atoms with E-state index in [9.17, 15) is 0 Å². The molecule has 1 heteroatoms. The third-order valence-electron chi connectivity index (χ3n) is 5.68. The fraction of sp³-hybridized carbons (Fsp3) is 0.368. The van der Waals surface area contributed by atoms with Crippen molar-refractivity contribution in [3.8, 4) is 11.5 Å². The van der Waals surface area contributed by atoms with Crippen molar-refractivity contribution in [3.05, 3.63) is 58.7 Å². The molecule has 0 atom stereocenters. The molecule has 0 N–H and O–H groups in total. The molecule has 20 heavy (non-hydrogen) atoms. The molecule has 0 bridgehead atoms. The molecular weight excluding hydrogens is 244 g/mol. The van der Waals surface area contributed by atoms with Crippen LogP contribution >= 0.6 is 0 Å². The number of benzene rings is 2. The van der Waals surface area contributed by atoms with Crippen molar-refractivity contribution in [1.29, 1.82) is 0 Å².